The number of hydrogen-bond donors (Lipinski definition) is 3. The third kappa shape index (κ3) is 5.80. The Morgan fingerprint density at radius 3 is 2.52 bits per heavy atom. The lowest BCUT2D eigenvalue weighted by atomic mass is 9.96. The maximum atomic E-state index is 12.0. The van der Waals surface area contributed by atoms with Crippen LogP contribution in [0.5, 0.6) is 0 Å². The van der Waals surface area contributed by atoms with Crippen LogP contribution in [-0.4, -0.2) is 54.2 Å². The normalized spacial score (nSPS) is 21.7. The molecule has 2 fully saturated rings. The van der Waals surface area contributed by atoms with Crippen molar-refractivity contribution in [2.24, 2.45) is 5.92 Å². The Labute approximate surface area is 150 Å². The molecule has 0 radical (unpaired) electrons. The molecule has 138 valence electrons. The SMILES string of the molecule is CC(NCC1CCN(CC(O)c2ccccc2)CC1)C(=O)NC1CC1. The molecule has 2 unspecified atom stereocenters. The van der Waals surface area contributed by atoms with Crippen molar-refractivity contribution in [1.29, 1.82) is 0 Å². The highest BCUT2D eigenvalue weighted by Gasteiger charge is 2.26. The highest BCUT2D eigenvalue weighted by atomic mass is 16.3. The molecule has 0 bridgehead atoms. The van der Waals surface area contributed by atoms with Gasteiger partial charge >= 0.3 is 0 Å². The van der Waals surface area contributed by atoms with E-state index in [4.69, 9.17) is 0 Å². The molecule has 1 aromatic rings. The number of aliphatic hydroxyl groups excluding tert-OH is 1. The molecule has 25 heavy (non-hydrogen) atoms. The summed E-state index contributed by atoms with van der Waals surface area (Å²) in [6, 6.07) is 10.2. The first kappa shape index (κ1) is 18.4. The van der Waals surface area contributed by atoms with Crippen LogP contribution in [0.1, 0.15) is 44.3 Å². The minimum atomic E-state index is -0.415. The molecule has 0 spiro atoms. The summed E-state index contributed by atoms with van der Waals surface area (Å²) in [6.07, 6.45) is 4.08. The molecule has 5 heteroatoms. The van der Waals surface area contributed by atoms with Gasteiger partial charge in [-0.15, -0.1) is 0 Å². The minimum absolute atomic E-state index is 0.112. The molecule has 2 aliphatic rings. The van der Waals surface area contributed by atoms with Gasteiger partial charge in [0, 0.05) is 12.6 Å². The summed E-state index contributed by atoms with van der Waals surface area (Å²) in [7, 11) is 0. The zero-order valence-corrected chi connectivity index (χ0v) is 15.2. The second-order valence-corrected chi connectivity index (χ2v) is 7.58. The van der Waals surface area contributed by atoms with Crippen LogP contribution in [0.25, 0.3) is 0 Å². The molecule has 1 aliphatic carbocycles. The second kappa shape index (κ2) is 8.79. The van der Waals surface area contributed by atoms with Crippen molar-refractivity contribution in [3.05, 3.63) is 35.9 Å². The van der Waals surface area contributed by atoms with Gasteiger partial charge in [-0.1, -0.05) is 30.3 Å². The standard InChI is InChI=1S/C20H31N3O2/c1-15(20(25)22-18-7-8-18)21-13-16-9-11-23(12-10-16)14-19(24)17-5-3-2-4-6-17/h2-6,15-16,18-19,21,24H,7-14H2,1H3,(H,22,25). The maximum Gasteiger partial charge on any atom is 0.237 e. The zero-order chi connectivity index (χ0) is 17.6. The van der Waals surface area contributed by atoms with Gasteiger partial charge in [0.15, 0.2) is 0 Å². The molecule has 1 heterocycles. The number of benzene rings is 1. The number of rotatable bonds is 8. The second-order valence-electron chi connectivity index (χ2n) is 7.58. The fourth-order valence-corrected chi connectivity index (χ4v) is 3.39. The van der Waals surface area contributed by atoms with Crippen LogP contribution in [-0.2, 0) is 4.79 Å². The first-order valence-electron chi connectivity index (χ1n) is 9.61. The van der Waals surface area contributed by atoms with Gasteiger partial charge in [-0.05, 0) is 63.7 Å². The van der Waals surface area contributed by atoms with Crippen molar-refractivity contribution < 1.29 is 9.90 Å². The van der Waals surface area contributed by atoms with E-state index in [1.807, 2.05) is 37.3 Å². The molecule has 1 aromatic carbocycles. The van der Waals surface area contributed by atoms with E-state index in [1.165, 1.54) is 0 Å². The number of carbonyl (C=O) groups is 1. The summed E-state index contributed by atoms with van der Waals surface area (Å²) in [6.45, 7) is 5.57. The lowest BCUT2D eigenvalue weighted by molar-refractivity contribution is -0.122. The number of amides is 1. The number of nitrogens with zero attached hydrogens (tertiary/aromatic N) is 1. The molecule has 1 aliphatic heterocycles. The number of carbonyl (C=O) groups excluding carboxylic acids is 1. The number of hydrogen-bond acceptors (Lipinski definition) is 4. The van der Waals surface area contributed by atoms with Crippen molar-refractivity contribution in [3.63, 3.8) is 0 Å². The van der Waals surface area contributed by atoms with Crippen LogP contribution in [0.2, 0.25) is 0 Å². The molecule has 1 amide bonds. The number of β-amino-alcohol motifs (C(OH)–C–C–N with tert-alkyl or cyclic N) is 1. The van der Waals surface area contributed by atoms with Gasteiger partial charge in [0.25, 0.3) is 0 Å². The summed E-state index contributed by atoms with van der Waals surface area (Å²) in [5.74, 6) is 0.743. The average molecular weight is 345 g/mol. The smallest absolute Gasteiger partial charge is 0.237 e. The van der Waals surface area contributed by atoms with E-state index in [0.29, 0.717) is 18.5 Å². The van der Waals surface area contributed by atoms with Gasteiger partial charge in [-0.2, -0.15) is 0 Å². The predicted octanol–water partition coefficient (Wildman–Crippen LogP) is 1.69. The molecule has 1 saturated heterocycles. The predicted molar refractivity (Wildman–Crippen MR) is 99.2 cm³/mol. The van der Waals surface area contributed by atoms with Crippen molar-refractivity contribution in [2.45, 2.75) is 50.8 Å². The van der Waals surface area contributed by atoms with Gasteiger partial charge in [-0.3, -0.25) is 4.79 Å². The largest absolute Gasteiger partial charge is 0.387 e. The Hall–Kier alpha value is -1.43. The molecular formula is C20H31N3O2. The molecule has 3 N–H and O–H groups in total. The quantitative estimate of drug-likeness (QED) is 0.671. The molecule has 0 aromatic heterocycles. The lowest BCUT2D eigenvalue weighted by Crippen LogP contribution is -2.46. The van der Waals surface area contributed by atoms with Crippen molar-refractivity contribution >= 4 is 5.91 Å². The van der Waals surface area contributed by atoms with E-state index in [9.17, 15) is 9.90 Å². The fraction of sp³-hybridized carbons (Fsp3) is 0.650. The Balaban J connectivity index is 1.33. The Bertz CT molecular complexity index is 539. The number of nitrogens with one attached hydrogen (secondary N) is 2. The lowest BCUT2D eigenvalue weighted by Gasteiger charge is -2.33. The van der Waals surface area contributed by atoms with Gasteiger partial charge < -0.3 is 20.6 Å². The first-order chi connectivity index (χ1) is 12.1. The van der Waals surface area contributed by atoms with E-state index in [1.54, 1.807) is 0 Å². The summed E-state index contributed by atoms with van der Waals surface area (Å²) < 4.78 is 0. The highest BCUT2D eigenvalue weighted by Crippen LogP contribution is 2.21. The Kier molecular flexibility index (Phi) is 6.45. The van der Waals surface area contributed by atoms with Crippen molar-refractivity contribution in [1.82, 2.24) is 15.5 Å². The summed E-state index contributed by atoms with van der Waals surface area (Å²) in [4.78, 5) is 14.3. The zero-order valence-electron chi connectivity index (χ0n) is 15.2. The van der Waals surface area contributed by atoms with Crippen LogP contribution in [0.15, 0.2) is 30.3 Å². The Morgan fingerprint density at radius 1 is 1.20 bits per heavy atom. The fourth-order valence-electron chi connectivity index (χ4n) is 3.39. The number of aliphatic hydroxyl groups is 1. The van der Waals surface area contributed by atoms with Gasteiger partial charge in [0.2, 0.25) is 5.91 Å². The highest BCUT2D eigenvalue weighted by molar-refractivity contribution is 5.81. The monoisotopic (exact) mass is 345 g/mol. The van der Waals surface area contributed by atoms with Crippen LogP contribution in [0.4, 0.5) is 0 Å². The summed E-state index contributed by atoms with van der Waals surface area (Å²) >= 11 is 0. The van der Waals surface area contributed by atoms with Crippen LogP contribution < -0.4 is 10.6 Å². The summed E-state index contributed by atoms with van der Waals surface area (Å²) in [5.41, 5.74) is 0.988. The van der Waals surface area contributed by atoms with E-state index >= 15 is 0 Å². The van der Waals surface area contributed by atoms with E-state index < -0.39 is 6.10 Å². The summed E-state index contributed by atoms with van der Waals surface area (Å²) in [5, 5.41) is 16.8. The van der Waals surface area contributed by atoms with Gasteiger partial charge in [0.05, 0.1) is 12.1 Å². The van der Waals surface area contributed by atoms with Crippen LogP contribution in [0, 0.1) is 5.92 Å². The number of piperidine rings is 1. The molecule has 2 atom stereocenters. The third-order valence-corrected chi connectivity index (χ3v) is 5.35. The van der Waals surface area contributed by atoms with Gasteiger partial charge in [0.1, 0.15) is 0 Å². The van der Waals surface area contributed by atoms with E-state index in [2.05, 4.69) is 15.5 Å². The minimum Gasteiger partial charge on any atom is -0.387 e. The molecule has 1 saturated carbocycles. The maximum absolute atomic E-state index is 12.0. The van der Waals surface area contributed by atoms with Crippen molar-refractivity contribution in [3.8, 4) is 0 Å². The number of likely N-dealkylation sites (tertiary alicyclic amines) is 1. The van der Waals surface area contributed by atoms with Crippen LogP contribution in [0.3, 0.4) is 0 Å². The van der Waals surface area contributed by atoms with Gasteiger partial charge in [-0.25, -0.2) is 0 Å². The van der Waals surface area contributed by atoms with E-state index in [-0.39, 0.29) is 11.9 Å². The topological polar surface area (TPSA) is 64.6 Å². The molecule has 5 nitrogen and oxygen atoms in total. The van der Waals surface area contributed by atoms with Crippen molar-refractivity contribution in [2.75, 3.05) is 26.2 Å². The average Bonchev–Trinajstić information content (AvgIpc) is 3.45. The molecular weight excluding hydrogens is 314 g/mol. The first-order valence-corrected chi connectivity index (χ1v) is 9.61. The Morgan fingerprint density at radius 2 is 1.88 bits per heavy atom. The molecule has 3 rings (SSSR count). The van der Waals surface area contributed by atoms with E-state index in [0.717, 1.165) is 50.9 Å². The third-order valence-electron chi connectivity index (χ3n) is 5.35. The van der Waals surface area contributed by atoms with Crippen LogP contribution >= 0.6 is 0 Å².